The lowest BCUT2D eigenvalue weighted by atomic mass is 9.88. The zero-order chi connectivity index (χ0) is 20.6. The molecule has 1 amide bonds. The number of likely N-dealkylation sites (tertiary alicyclic amines) is 1. The predicted molar refractivity (Wildman–Crippen MR) is 113 cm³/mol. The Morgan fingerprint density at radius 3 is 2.62 bits per heavy atom. The first-order valence-electron chi connectivity index (χ1n) is 10.1. The molecule has 1 N–H and O–H groups in total. The molecule has 2 atom stereocenters. The number of ketones is 1. The molecule has 0 aliphatic carbocycles. The van der Waals surface area contributed by atoms with Gasteiger partial charge in [0.1, 0.15) is 0 Å². The minimum Gasteiger partial charge on any atom is -0.375 e. The van der Waals surface area contributed by atoms with Crippen molar-refractivity contribution in [2.24, 2.45) is 0 Å². The van der Waals surface area contributed by atoms with Crippen LogP contribution in [0.5, 0.6) is 0 Å². The number of Topliss-reactive ketones (excluding diaryl/α,β-unsaturated/α-hetero) is 1. The molecule has 1 saturated heterocycles. The summed E-state index contributed by atoms with van der Waals surface area (Å²) >= 11 is 5.90. The maximum absolute atomic E-state index is 13.4. The number of anilines is 1. The SMILES string of the molecule is CC1CCCCN1CN1C(=O)C(O)(CC(=O)c2ccc(Cl)cc2)c2ccccc21. The molecule has 2 aliphatic heterocycles. The van der Waals surface area contributed by atoms with Gasteiger partial charge >= 0.3 is 0 Å². The molecule has 0 bridgehead atoms. The first kappa shape index (κ1) is 20.1. The van der Waals surface area contributed by atoms with E-state index in [1.54, 1.807) is 41.3 Å². The van der Waals surface area contributed by atoms with E-state index in [0.29, 0.717) is 34.5 Å². The summed E-state index contributed by atoms with van der Waals surface area (Å²) in [7, 11) is 0. The Morgan fingerprint density at radius 1 is 1.17 bits per heavy atom. The van der Waals surface area contributed by atoms with Gasteiger partial charge in [-0.05, 0) is 50.1 Å². The largest absolute Gasteiger partial charge is 0.375 e. The molecule has 0 aromatic heterocycles. The van der Waals surface area contributed by atoms with Gasteiger partial charge in [0.25, 0.3) is 5.91 Å². The van der Waals surface area contributed by atoms with Crippen molar-refractivity contribution in [3.8, 4) is 0 Å². The second-order valence-electron chi connectivity index (χ2n) is 8.02. The quantitative estimate of drug-likeness (QED) is 0.754. The van der Waals surface area contributed by atoms with Gasteiger partial charge in [0.2, 0.25) is 0 Å². The van der Waals surface area contributed by atoms with Crippen molar-refractivity contribution in [3.63, 3.8) is 0 Å². The molecule has 2 aromatic carbocycles. The van der Waals surface area contributed by atoms with Crippen molar-refractivity contribution in [1.29, 1.82) is 0 Å². The fourth-order valence-electron chi connectivity index (χ4n) is 4.34. The Bertz CT molecular complexity index is 930. The van der Waals surface area contributed by atoms with Crippen LogP contribution in [-0.2, 0) is 10.4 Å². The summed E-state index contributed by atoms with van der Waals surface area (Å²) in [5.74, 6) is -0.723. The van der Waals surface area contributed by atoms with Crippen LogP contribution < -0.4 is 4.90 Å². The minimum absolute atomic E-state index is 0.291. The molecule has 4 rings (SSSR count). The third-order valence-corrected chi connectivity index (χ3v) is 6.34. The standard InChI is InChI=1S/C23H25ClN2O3/c1-16-6-4-5-13-25(16)15-26-20-8-3-2-7-19(20)23(29,22(26)28)14-21(27)17-9-11-18(24)12-10-17/h2-3,7-12,16,29H,4-6,13-15H2,1H3. The zero-order valence-electron chi connectivity index (χ0n) is 16.5. The van der Waals surface area contributed by atoms with Crippen LogP contribution in [0.2, 0.25) is 5.02 Å². The number of amides is 1. The van der Waals surface area contributed by atoms with E-state index in [4.69, 9.17) is 11.6 Å². The second-order valence-corrected chi connectivity index (χ2v) is 8.45. The monoisotopic (exact) mass is 412 g/mol. The minimum atomic E-state index is -1.85. The fourth-order valence-corrected chi connectivity index (χ4v) is 4.46. The van der Waals surface area contributed by atoms with E-state index in [-0.39, 0.29) is 12.2 Å². The maximum Gasteiger partial charge on any atom is 0.265 e. The molecule has 0 saturated carbocycles. The van der Waals surface area contributed by atoms with E-state index in [1.807, 2.05) is 12.1 Å². The van der Waals surface area contributed by atoms with Crippen LogP contribution in [0.4, 0.5) is 5.69 Å². The number of rotatable bonds is 5. The Labute approximate surface area is 175 Å². The number of nitrogens with zero attached hydrogens (tertiary/aromatic N) is 2. The van der Waals surface area contributed by atoms with Gasteiger partial charge in [-0.1, -0.05) is 36.2 Å². The normalized spacial score (nSPS) is 24.6. The molecule has 29 heavy (non-hydrogen) atoms. The Hall–Kier alpha value is -2.21. The van der Waals surface area contributed by atoms with Crippen molar-refractivity contribution in [2.45, 2.75) is 44.2 Å². The highest BCUT2D eigenvalue weighted by atomic mass is 35.5. The maximum atomic E-state index is 13.4. The second kappa shape index (κ2) is 7.90. The van der Waals surface area contributed by atoms with Gasteiger partial charge in [-0.2, -0.15) is 0 Å². The summed E-state index contributed by atoms with van der Waals surface area (Å²) in [4.78, 5) is 30.1. The number of benzene rings is 2. The Morgan fingerprint density at radius 2 is 1.90 bits per heavy atom. The summed E-state index contributed by atoms with van der Waals surface area (Å²) in [5.41, 5.74) is -0.248. The van der Waals surface area contributed by atoms with Crippen molar-refractivity contribution < 1.29 is 14.7 Å². The van der Waals surface area contributed by atoms with Crippen LogP contribution in [-0.4, -0.2) is 41.0 Å². The third-order valence-electron chi connectivity index (χ3n) is 6.09. The number of carbonyl (C=O) groups excluding carboxylic acids is 2. The van der Waals surface area contributed by atoms with Crippen molar-refractivity contribution in [2.75, 3.05) is 18.1 Å². The first-order chi connectivity index (χ1) is 13.9. The van der Waals surface area contributed by atoms with E-state index < -0.39 is 11.5 Å². The van der Waals surface area contributed by atoms with Crippen molar-refractivity contribution >= 4 is 29.0 Å². The summed E-state index contributed by atoms with van der Waals surface area (Å²) in [6, 6.07) is 14.1. The van der Waals surface area contributed by atoms with Crippen molar-refractivity contribution in [3.05, 3.63) is 64.7 Å². The molecular formula is C23H25ClN2O3. The number of hydrogen-bond donors (Lipinski definition) is 1. The fraction of sp³-hybridized carbons (Fsp3) is 0.391. The smallest absolute Gasteiger partial charge is 0.265 e. The molecule has 5 nitrogen and oxygen atoms in total. The number of para-hydroxylation sites is 1. The molecule has 2 heterocycles. The molecule has 2 unspecified atom stereocenters. The molecule has 0 radical (unpaired) electrons. The highest BCUT2D eigenvalue weighted by Gasteiger charge is 2.51. The summed E-state index contributed by atoms with van der Waals surface area (Å²) in [5, 5.41) is 11.9. The number of fused-ring (bicyclic) bond motifs is 1. The summed E-state index contributed by atoms with van der Waals surface area (Å²) in [6.45, 7) is 3.52. The predicted octanol–water partition coefficient (Wildman–Crippen LogP) is 3.98. The average molecular weight is 413 g/mol. The number of carbonyl (C=O) groups is 2. The van der Waals surface area contributed by atoms with E-state index in [0.717, 1.165) is 19.4 Å². The van der Waals surface area contributed by atoms with Crippen LogP contribution in [0.15, 0.2) is 48.5 Å². The van der Waals surface area contributed by atoms with Gasteiger partial charge in [0.05, 0.1) is 18.8 Å². The van der Waals surface area contributed by atoms with Gasteiger partial charge in [-0.15, -0.1) is 0 Å². The molecule has 2 aromatic rings. The number of aliphatic hydroxyl groups is 1. The van der Waals surface area contributed by atoms with Crippen LogP contribution in [0, 0.1) is 0 Å². The third kappa shape index (κ3) is 3.70. The van der Waals surface area contributed by atoms with Crippen LogP contribution in [0.3, 0.4) is 0 Å². The lowest BCUT2D eigenvalue weighted by molar-refractivity contribution is -0.136. The van der Waals surface area contributed by atoms with Gasteiger partial charge in [-0.25, -0.2) is 0 Å². The highest BCUT2D eigenvalue weighted by Crippen LogP contribution is 2.43. The lowest BCUT2D eigenvalue weighted by Gasteiger charge is -2.36. The molecule has 0 spiro atoms. The lowest BCUT2D eigenvalue weighted by Crippen LogP contribution is -2.49. The topological polar surface area (TPSA) is 60.9 Å². The van der Waals surface area contributed by atoms with E-state index >= 15 is 0 Å². The van der Waals surface area contributed by atoms with Gasteiger partial charge in [0, 0.05) is 28.7 Å². The average Bonchev–Trinajstić information content (AvgIpc) is 2.92. The van der Waals surface area contributed by atoms with E-state index in [1.165, 1.54) is 6.42 Å². The Kier molecular flexibility index (Phi) is 5.47. The van der Waals surface area contributed by atoms with Gasteiger partial charge < -0.3 is 5.11 Å². The molecule has 152 valence electrons. The zero-order valence-corrected chi connectivity index (χ0v) is 17.2. The summed E-state index contributed by atoms with van der Waals surface area (Å²) < 4.78 is 0. The van der Waals surface area contributed by atoms with Gasteiger partial charge in [0.15, 0.2) is 11.4 Å². The highest BCUT2D eigenvalue weighted by molar-refractivity contribution is 6.30. The van der Waals surface area contributed by atoms with Crippen LogP contribution in [0.25, 0.3) is 0 Å². The van der Waals surface area contributed by atoms with E-state index in [9.17, 15) is 14.7 Å². The van der Waals surface area contributed by atoms with E-state index in [2.05, 4.69) is 11.8 Å². The Balaban J connectivity index is 1.62. The molecule has 6 heteroatoms. The van der Waals surface area contributed by atoms with Gasteiger partial charge in [-0.3, -0.25) is 19.4 Å². The van der Waals surface area contributed by atoms with Crippen LogP contribution in [0.1, 0.15) is 48.5 Å². The molecular weight excluding hydrogens is 388 g/mol. The molecule has 2 aliphatic rings. The molecule has 1 fully saturated rings. The number of halogens is 1. The number of hydrogen-bond acceptors (Lipinski definition) is 4. The first-order valence-corrected chi connectivity index (χ1v) is 10.4. The van der Waals surface area contributed by atoms with Crippen molar-refractivity contribution in [1.82, 2.24) is 4.90 Å². The van der Waals surface area contributed by atoms with Crippen LogP contribution >= 0.6 is 11.6 Å². The summed E-state index contributed by atoms with van der Waals surface area (Å²) in [6.07, 6.45) is 3.11. The number of piperidine rings is 1.